The van der Waals surface area contributed by atoms with Crippen LogP contribution in [0.3, 0.4) is 0 Å². The third-order valence-corrected chi connectivity index (χ3v) is 7.81. The molecule has 3 rings (SSSR count). The fourth-order valence-corrected chi connectivity index (χ4v) is 5.46. The highest BCUT2D eigenvalue weighted by Crippen LogP contribution is 2.28. The zero-order chi connectivity index (χ0) is 24.3. The number of amides is 1. The molecule has 0 spiro atoms. The zero-order valence-electron chi connectivity index (χ0n) is 18.6. The van der Waals surface area contributed by atoms with Gasteiger partial charge in [0.15, 0.2) is 6.61 Å². The van der Waals surface area contributed by atoms with Crippen molar-refractivity contribution in [2.45, 2.75) is 50.3 Å². The van der Waals surface area contributed by atoms with Crippen LogP contribution in [0.2, 0.25) is 5.02 Å². The first-order valence-corrected chi connectivity index (χ1v) is 12.3. The third kappa shape index (κ3) is 5.92. The molecule has 0 bridgehead atoms. The van der Waals surface area contributed by atoms with Gasteiger partial charge in [0, 0.05) is 18.0 Å². The van der Waals surface area contributed by atoms with Gasteiger partial charge in [-0.25, -0.2) is 8.42 Å². The summed E-state index contributed by atoms with van der Waals surface area (Å²) < 4.78 is 32.3. The van der Waals surface area contributed by atoms with Gasteiger partial charge in [-0.1, -0.05) is 29.8 Å². The molecule has 0 saturated carbocycles. The number of sulfonamides is 1. The summed E-state index contributed by atoms with van der Waals surface area (Å²) in [6.45, 7) is 4.64. The number of nitrogens with zero attached hydrogens (tertiary/aromatic N) is 1. The molecule has 3 atom stereocenters. The van der Waals surface area contributed by atoms with Gasteiger partial charge in [0.2, 0.25) is 10.0 Å². The number of benzene rings is 2. The van der Waals surface area contributed by atoms with E-state index in [4.69, 9.17) is 16.3 Å². The van der Waals surface area contributed by atoms with E-state index in [1.807, 2.05) is 6.92 Å². The Balaban J connectivity index is 1.64. The van der Waals surface area contributed by atoms with Crippen molar-refractivity contribution in [1.29, 1.82) is 0 Å². The van der Waals surface area contributed by atoms with Gasteiger partial charge in [-0.15, -0.1) is 0 Å². The van der Waals surface area contributed by atoms with Crippen molar-refractivity contribution >= 4 is 33.5 Å². The Morgan fingerprint density at radius 2 is 1.85 bits per heavy atom. The lowest BCUT2D eigenvalue weighted by atomic mass is 10.1. The van der Waals surface area contributed by atoms with E-state index in [1.165, 1.54) is 12.1 Å². The number of nitrogens with one attached hydrogen (secondary N) is 1. The predicted molar refractivity (Wildman–Crippen MR) is 123 cm³/mol. The van der Waals surface area contributed by atoms with E-state index in [2.05, 4.69) is 5.32 Å². The summed E-state index contributed by atoms with van der Waals surface area (Å²) in [6, 6.07) is 10.1. The molecule has 1 fully saturated rings. The van der Waals surface area contributed by atoms with Crippen LogP contribution >= 0.6 is 11.6 Å². The molecule has 8 nitrogen and oxygen atoms in total. The van der Waals surface area contributed by atoms with Gasteiger partial charge in [0.25, 0.3) is 5.91 Å². The SMILES string of the molecule is Cc1ccc(S(=O)(=O)N2CC(O)CC2C(=O)OCC(=O)NC(C)c2ccc(Cl)cc2)cc1C. The predicted octanol–water partition coefficient (Wildman–Crippen LogP) is 2.50. The summed E-state index contributed by atoms with van der Waals surface area (Å²) in [4.78, 5) is 24.9. The van der Waals surface area contributed by atoms with Gasteiger partial charge in [-0.3, -0.25) is 9.59 Å². The Hall–Kier alpha value is -2.46. The molecule has 0 aliphatic carbocycles. The third-order valence-electron chi connectivity index (χ3n) is 5.68. The first-order chi connectivity index (χ1) is 15.5. The van der Waals surface area contributed by atoms with Crippen LogP contribution in [0.15, 0.2) is 47.4 Å². The Kier molecular flexibility index (Phi) is 7.79. The van der Waals surface area contributed by atoms with Crippen LogP contribution in [0.5, 0.6) is 0 Å². The molecule has 3 unspecified atom stereocenters. The molecular formula is C23H27ClN2O6S. The van der Waals surface area contributed by atoms with Crippen LogP contribution in [0, 0.1) is 13.8 Å². The normalized spacial score (nSPS) is 19.8. The minimum Gasteiger partial charge on any atom is -0.454 e. The number of aryl methyl sites for hydroxylation is 2. The fraction of sp³-hybridized carbons (Fsp3) is 0.391. The smallest absolute Gasteiger partial charge is 0.325 e. The summed E-state index contributed by atoms with van der Waals surface area (Å²) >= 11 is 5.87. The number of carbonyl (C=O) groups is 2. The van der Waals surface area contributed by atoms with Crippen molar-refractivity contribution < 1.29 is 27.9 Å². The van der Waals surface area contributed by atoms with E-state index >= 15 is 0 Å². The first kappa shape index (κ1) is 25.2. The van der Waals surface area contributed by atoms with Crippen LogP contribution in [-0.2, 0) is 24.3 Å². The second-order valence-electron chi connectivity index (χ2n) is 8.17. The lowest BCUT2D eigenvalue weighted by molar-refractivity contribution is -0.151. The van der Waals surface area contributed by atoms with E-state index in [0.29, 0.717) is 5.02 Å². The van der Waals surface area contributed by atoms with Gasteiger partial charge in [0.1, 0.15) is 6.04 Å². The van der Waals surface area contributed by atoms with Gasteiger partial charge < -0.3 is 15.2 Å². The fourth-order valence-electron chi connectivity index (χ4n) is 3.62. The molecule has 1 amide bonds. The molecule has 1 aliphatic rings. The monoisotopic (exact) mass is 494 g/mol. The van der Waals surface area contributed by atoms with E-state index in [1.54, 1.807) is 44.2 Å². The summed E-state index contributed by atoms with van der Waals surface area (Å²) in [5.41, 5.74) is 2.55. The second-order valence-corrected chi connectivity index (χ2v) is 10.5. The molecule has 2 aromatic carbocycles. The molecule has 2 N–H and O–H groups in total. The Bertz CT molecular complexity index is 1140. The van der Waals surface area contributed by atoms with Crippen molar-refractivity contribution in [2.75, 3.05) is 13.2 Å². The van der Waals surface area contributed by atoms with Crippen molar-refractivity contribution in [3.8, 4) is 0 Å². The number of hydrogen-bond acceptors (Lipinski definition) is 6. The lowest BCUT2D eigenvalue weighted by Crippen LogP contribution is -2.42. The molecular weight excluding hydrogens is 468 g/mol. The Morgan fingerprint density at radius 3 is 2.48 bits per heavy atom. The molecule has 1 saturated heterocycles. The Morgan fingerprint density at radius 1 is 1.18 bits per heavy atom. The van der Waals surface area contributed by atoms with Crippen LogP contribution in [-0.4, -0.2) is 55.0 Å². The number of β-amino-alcohol motifs (C(OH)–C–C–N with tert-alkyl or cyclic N) is 1. The van der Waals surface area contributed by atoms with Crippen molar-refractivity contribution in [1.82, 2.24) is 9.62 Å². The molecule has 33 heavy (non-hydrogen) atoms. The standard InChI is InChI=1S/C23H27ClN2O6S/c1-14-4-9-20(10-15(14)2)33(30,31)26-12-19(27)11-21(26)23(29)32-13-22(28)25-16(3)17-5-7-18(24)8-6-17/h4-10,16,19,21,27H,11-13H2,1-3H3,(H,25,28). The number of halogens is 1. The zero-order valence-corrected chi connectivity index (χ0v) is 20.2. The van der Waals surface area contributed by atoms with Crippen LogP contribution < -0.4 is 5.32 Å². The highest BCUT2D eigenvalue weighted by molar-refractivity contribution is 7.89. The van der Waals surface area contributed by atoms with Gasteiger partial charge in [0.05, 0.1) is 17.0 Å². The number of ether oxygens (including phenoxy) is 1. The number of aliphatic hydroxyl groups excluding tert-OH is 1. The van der Waals surface area contributed by atoms with Crippen molar-refractivity contribution in [3.63, 3.8) is 0 Å². The quantitative estimate of drug-likeness (QED) is 0.572. The van der Waals surface area contributed by atoms with Gasteiger partial charge in [-0.2, -0.15) is 4.31 Å². The van der Waals surface area contributed by atoms with Crippen molar-refractivity contribution in [2.24, 2.45) is 0 Å². The maximum Gasteiger partial charge on any atom is 0.325 e. The van der Waals surface area contributed by atoms with E-state index < -0.39 is 40.7 Å². The molecule has 178 valence electrons. The second kappa shape index (κ2) is 10.2. The van der Waals surface area contributed by atoms with E-state index in [0.717, 1.165) is 21.0 Å². The minimum absolute atomic E-state index is 0.0343. The van der Waals surface area contributed by atoms with Gasteiger partial charge >= 0.3 is 5.97 Å². The summed E-state index contributed by atoms with van der Waals surface area (Å²) in [5.74, 6) is -1.42. The average Bonchev–Trinajstić information content (AvgIpc) is 3.17. The molecule has 2 aromatic rings. The number of rotatable bonds is 7. The minimum atomic E-state index is -4.04. The number of aliphatic hydroxyl groups is 1. The Labute approximate surface area is 198 Å². The number of esters is 1. The average molecular weight is 495 g/mol. The van der Waals surface area contributed by atoms with Crippen molar-refractivity contribution in [3.05, 3.63) is 64.2 Å². The summed E-state index contributed by atoms with van der Waals surface area (Å²) in [7, 11) is -4.04. The molecule has 0 aromatic heterocycles. The largest absolute Gasteiger partial charge is 0.454 e. The first-order valence-electron chi connectivity index (χ1n) is 10.5. The highest BCUT2D eigenvalue weighted by Gasteiger charge is 2.44. The lowest BCUT2D eigenvalue weighted by Gasteiger charge is -2.23. The molecule has 1 heterocycles. The number of hydrogen-bond donors (Lipinski definition) is 2. The maximum atomic E-state index is 13.1. The topological polar surface area (TPSA) is 113 Å². The van der Waals surface area contributed by atoms with Gasteiger partial charge in [-0.05, 0) is 61.7 Å². The molecule has 1 aliphatic heterocycles. The number of carbonyl (C=O) groups excluding carboxylic acids is 2. The molecule has 10 heteroatoms. The summed E-state index contributed by atoms with van der Waals surface area (Å²) in [5, 5.41) is 13.4. The highest BCUT2D eigenvalue weighted by atomic mass is 35.5. The molecule has 0 radical (unpaired) electrons. The summed E-state index contributed by atoms with van der Waals surface area (Å²) in [6.07, 6.45) is -1.12. The van der Waals surface area contributed by atoms with Crippen LogP contribution in [0.1, 0.15) is 36.1 Å². The van der Waals surface area contributed by atoms with E-state index in [-0.39, 0.29) is 23.9 Å². The van der Waals surface area contributed by atoms with E-state index in [9.17, 15) is 23.1 Å². The van der Waals surface area contributed by atoms with Crippen LogP contribution in [0.25, 0.3) is 0 Å². The maximum absolute atomic E-state index is 13.1. The van der Waals surface area contributed by atoms with Crippen LogP contribution in [0.4, 0.5) is 0 Å².